The molecule has 0 radical (unpaired) electrons. The number of rotatable bonds is 7. The Kier molecular flexibility index (Phi) is 6.94. The second-order valence-corrected chi connectivity index (χ2v) is 4.07. The molecule has 0 aliphatic rings. The molecule has 0 atom stereocenters. The third kappa shape index (κ3) is 8.02. The average molecular weight is 206 g/mol. The van der Waals surface area contributed by atoms with Gasteiger partial charge >= 0.3 is 0 Å². The molecule has 0 rings (SSSR count). The molecule has 0 aromatic carbocycles. The zero-order valence-electron chi connectivity index (χ0n) is 7.86. The Morgan fingerprint density at radius 2 is 2.23 bits per heavy atom. The highest BCUT2D eigenvalue weighted by molar-refractivity contribution is 7.94. The summed E-state index contributed by atoms with van der Waals surface area (Å²) in [6.07, 6.45) is 0.878. The van der Waals surface area contributed by atoms with E-state index in [-0.39, 0.29) is 0 Å². The van der Waals surface area contributed by atoms with Gasteiger partial charge in [-0.15, -0.1) is 0 Å². The lowest BCUT2D eigenvalue weighted by Crippen LogP contribution is -2.40. The molecule has 0 aliphatic carbocycles. The van der Waals surface area contributed by atoms with Gasteiger partial charge in [-0.1, -0.05) is 0 Å². The van der Waals surface area contributed by atoms with E-state index >= 15 is 0 Å². The van der Waals surface area contributed by atoms with Crippen molar-refractivity contribution in [1.29, 1.82) is 5.26 Å². The van der Waals surface area contributed by atoms with Crippen molar-refractivity contribution in [3.8, 4) is 6.07 Å². The molecule has 0 saturated heterocycles. The van der Waals surface area contributed by atoms with Gasteiger partial charge in [-0.05, 0) is 0 Å². The van der Waals surface area contributed by atoms with Crippen LogP contribution in [-0.2, 0) is 9.37 Å². The van der Waals surface area contributed by atoms with Gasteiger partial charge in [-0.2, -0.15) is 9.60 Å². The van der Waals surface area contributed by atoms with Gasteiger partial charge in [0.15, 0.2) is 6.54 Å². The van der Waals surface area contributed by atoms with E-state index in [0.29, 0.717) is 16.8 Å². The zero-order valence-corrected chi connectivity index (χ0v) is 8.67. The molecule has 0 bridgehead atoms. The molecule has 0 aromatic heterocycles. The van der Waals surface area contributed by atoms with E-state index in [0.717, 1.165) is 25.0 Å². The van der Waals surface area contributed by atoms with Crippen molar-refractivity contribution in [2.75, 3.05) is 32.9 Å². The molecule has 13 heavy (non-hydrogen) atoms. The van der Waals surface area contributed by atoms with Gasteiger partial charge in [0.25, 0.3) is 0 Å². The van der Waals surface area contributed by atoms with Crippen molar-refractivity contribution in [2.24, 2.45) is 0 Å². The van der Waals surface area contributed by atoms with Crippen LogP contribution in [0.5, 0.6) is 0 Å². The maximum Gasteiger partial charge on any atom is 0.166 e. The van der Waals surface area contributed by atoms with Crippen molar-refractivity contribution in [3.05, 3.63) is 0 Å². The monoisotopic (exact) mass is 206 g/mol. The predicted molar refractivity (Wildman–Crippen MR) is 46.7 cm³/mol. The van der Waals surface area contributed by atoms with Crippen LogP contribution in [0.15, 0.2) is 0 Å². The zero-order chi connectivity index (χ0) is 10.2. The van der Waals surface area contributed by atoms with Crippen LogP contribution in [0, 0.1) is 11.3 Å². The fraction of sp³-hybridized carbons (Fsp3) is 0.857. The third-order valence-corrected chi connectivity index (χ3v) is 2.17. The Morgan fingerprint density at radius 3 is 2.77 bits per heavy atom. The molecule has 0 heterocycles. The van der Waals surface area contributed by atoms with Crippen LogP contribution in [0.25, 0.3) is 0 Å². The first-order valence-corrected chi connectivity index (χ1v) is 4.80. The van der Waals surface area contributed by atoms with Crippen LogP contribution in [-0.4, -0.2) is 37.4 Å². The summed E-state index contributed by atoms with van der Waals surface area (Å²) in [5.41, 5.74) is 0. The number of hydrogen-bond donors (Lipinski definition) is 0. The van der Waals surface area contributed by atoms with Crippen molar-refractivity contribution < 1.29 is 19.1 Å². The molecule has 0 aliphatic heterocycles. The Bertz CT molecular complexity index is 170. The lowest BCUT2D eigenvalue weighted by molar-refractivity contribution is -0.883. The van der Waals surface area contributed by atoms with Crippen LogP contribution >= 0.6 is 12.0 Å². The van der Waals surface area contributed by atoms with Crippen LogP contribution < -0.4 is 5.26 Å². The summed E-state index contributed by atoms with van der Waals surface area (Å²) in [6, 6.07) is 2.12. The number of hydrogen-bond acceptors (Lipinski definition) is 5. The molecular weight excluding hydrogens is 192 g/mol. The van der Waals surface area contributed by atoms with E-state index in [1.54, 1.807) is 0 Å². The average Bonchev–Trinajstić information content (AvgIpc) is 2.04. The van der Waals surface area contributed by atoms with Gasteiger partial charge in [0.05, 0.1) is 20.6 Å². The first kappa shape index (κ1) is 12.7. The first-order valence-electron chi connectivity index (χ1n) is 3.89. The van der Waals surface area contributed by atoms with Gasteiger partial charge in [0, 0.05) is 24.2 Å². The highest BCUT2D eigenvalue weighted by Crippen LogP contribution is 2.06. The van der Waals surface area contributed by atoms with Crippen molar-refractivity contribution >= 4 is 12.0 Å². The van der Waals surface area contributed by atoms with Gasteiger partial charge < -0.3 is 9.74 Å². The fourth-order valence-corrected chi connectivity index (χ4v) is 1.23. The minimum absolute atomic E-state index is 0.490. The summed E-state index contributed by atoms with van der Waals surface area (Å²) in [4.78, 5) is 0. The maximum absolute atomic E-state index is 9.40. The Hall–Kier alpha value is -0.320. The van der Waals surface area contributed by atoms with Gasteiger partial charge in [-0.25, -0.2) is 0 Å². The minimum atomic E-state index is 0.490. The topological polar surface area (TPSA) is 65.3 Å². The summed E-state index contributed by atoms with van der Waals surface area (Å²) in [6.45, 7) is 1.37. The van der Waals surface area contributed by atoms with Crippen molar-refractivity contribution in [1.82, 2.24) is 0 Å². The smallest absolute Gasteiger partial charge is 0.166 e. The summed E-state index contributed by atoms with van der Waals surface area (Å²) in [5.74, 6) is 0.690. The van der Waals surface area contributed by atoms with E-state index in [9.17, 15) is 5.26 Å². The van der Waals surface area contributed by atoms with Crippen LogP contribution in [0.4, 0.5) is 0 Å². The molecule has 0 unspecified atom stereocenters. The predicted octanol–water partition coefficient (Wildman–Crippen LogP) is -0.152. The van der Waals surface area contributed by atoms with Crippen LogP contribution in [0.1, 0.15) is 6.42 Å². The summed E-state index contributed by atoms with van der Waals surface area (Å²) >= 11 is 0.984. The lowest BCUT2D eigenvalue weighted by atomic mass is 10.4. The summed E-state index contributed by atoms with van der Waals surface area (Å²) in [7, 11) is 3.97. The SMILES string of the molecule is C[N+](C)(CC#N)CCCSOO[O-]. The van der Waals surface area contributed by atoms with Gasteiger partial charge in [-0.3, -0.25) is 5.04 Å². The van der Waals surface area contributed by atoms with E-state index in [1.165, 1.54) is 0 Å². The normalized spacial score (nSPS) is 11.2. The largest absolute Gasteiger partial charge is 0.691 e. The molecular formula is C7H14N2O3S. The second kappa shape index (κ2) is 7.12. The van der Waals surface area contributed by atoms with E-state index in [4.69, 9.17) is 5.26 Å². The summed E-state index contributed by atoms with van der Waals surface area (Å²) < 4.78 is 4.76. The lowest BCUT2D eigenvalue weighted by Gasteiger charge is -2.26. The molecule has 0 saturated carbocycles. The summed E-state index contributed by atoms with van der Waals surface area (Å²) in [5, 5.41) is 21.1. The Balaban J connectivity index is 3.36. The van der Waals surface area contributed by atoms with Crippen molar-refractivity contribution in [3.63, 3.8) is 0 Å². The quantitative estimate of drug-likeness (QED) is 0.145. The van der Waals surface area contributed by atoms with E-state index in [2.05, 4.69) is 15.4 Å². The molecule has 0 spiro atoms. The molecule has 0 amide bonds. The Labute approximate surface area is 82.5 Å². The molecule has 0 N–H and O–H groups in total. The van der Waals surface area contributed by atoms with Gasteiger partial charge in [0.2, 0.25) is 0 Å². The van der Waals surface area contributed by atoms with E-state index in [1.807, 2.05) is 14.1 Å². The molecule has 76 valence electrons. The minimum Gasteiger partial charge on any atom is -0.691 e. The highest BCUT2D eigenvalue weighted by atomic mass is 32.2. The molecule has 0 fully saturated rings. The van der Waals surface area contributed by atoms with E-state index < -0.39 is 0 Å². The number of quaternary nitrogens is 1. The first-order chi connectivity index (χ1) is 6.12. The second-order valence-electron chi connectivity index (χ2n) is 3.29. The highest BCUT2D eigenvalue weighted by Gasteiger charge is 2.12. The number of nitriles is 1. The fourth-order valence-electron chi connectivity index (χ4n) is 0.876. The van der Waals surface area contributed by atoms with Crippen LogP contribution in [0.2, 0.25) is 0 Å². The van der Waals surface area contributed by atoms with Gasteiger partial charge in [0.1, 0.15) is 6.07 Å². The maximum atomic E-state index is 9.40. The standard InChI is InChI=1S/C7H14N2O3S/c1-9(2,6-4-8)5-3-7-13-12-11-10/h3,5-7H2,1-2H3. The third-order valence-electron chi connectivity index (χ3n) is 1.57. The van der Waals surface area contributed by atoms with Crippen LogP contribution in [0.3, 0.4) is 0 Å². The number of nitrogens with zero attached hydrogens (tertiary/aromatic N) is 2. The molecule has 5 nitrogen and oxygen atoms in total. The Morgan fingerprint density at radius 1 is 1.54 bits per heavy atom. The van der Waals surface area contributed by atoms with Crippen molar-refractivity contribution in [2.45, 2.75) is 6.42 Å². The molecule has 0 aromatic rings. The molecule has 6 heteroatoms.